The van der Waals surface area contributed by atoms with Crippen molar-refractivity contribution in [3.05, 3.63) is 0 Å². The third-order valence-electron chi connectivity index (χ3n) is 4.05. The molecule has 1 rings (SSSR count). The fourth-order valence-electron chi connectivity index (χ4n) is 2.86. The normalized spacial score (nSPS) is 24.3. The fraction of sp³-hybridized carbons (Fsp3) is 1.00. The molecule has 1 N–H and O–H groups in total. The van der Waals surface area contributed by atoms with Gasteiger partial charge in [0.2, 0.25) is 0 Å². The molecule has 0 spiro atoms. The van der Waals surface area contributed by atoms with E-state index in [0.29, 0.717) is 11.5 Å². The second-order valence-electron chi connectivity index (χ2n) is 6.10. The summed E-state index contributed by atoms with van der Waals surface area (Å²) in [5, 5.41) is 3.36. The van der Waals surface area contributed by atoms with Crippen LogP contribution in [0.4, 0.5) is 0 Å². The lowest BCUT2D eigenvalue weighted by atomic mass is 9.86. The zero-order chi connectivity index (χ0) is 13.4. The zero-order valence-corrected chi connectivity index (χ0v) is 12.8. The Balaban J connectivity index is 2.51. The van der Waals surface area contributed by atoms with Crippen molar-refractivity contribution >= 4 is 0 Å². The topological polar surface area (TPSA) is 24.5 Å². The van der Waals surface area contributed by atoms with Gasteiger partial charge in [-0.3, -0.25) is 0 Å². The van der Waals surface area contributed by atoms with Crippen LogP contribution in [0.15, 0.2) is 0 Å². The highest BCUT2D eigenvalue weighted by Gasteiger charge is 2.36. The first kappa shape index (κ1) is 15.9. The van der Waals surface area contributed by atoms with Crippen LogP contribution in [0, 0.1) is 5.41 Å². The van der Waals surface area contributed by atoms with Gasteiger partial charge in [0, 0.05) is 31.2 Å². The third-order valence-corrected chi connectivity index (χ3v) is 4.05. The quantitative estimate of drug-likeness (QED) is 0.642. The average Bonchev–Trinajstić information content (AvgIpc) is 2.77. The van der Waals surface area contributed by atoms with Crippen LogP contribution in [0.3, 0.4) is 0 Å². The summed E-state index contributed by atoms with van der Waals surface area (Å²) in [5.74, 6) is 0. The van der Waals surface area contributed by atoms with Crippen molar-refractivity contribution in [3.8, 4) is 0 Å². The van der Waals surface area contributed by atoms with Crippen molar-refractivity contribution in [1.29, 1.82) is 0 Å². The Labute approximate surface area is 113 Å². The van der Waals surface area contributed by atoms with Crippen LogP contribution in [0.1, 0.15) is 46.5 Å². The van der Waals surface area contributed by atoms with Crippen molar-refractivity contribution in [2.24, 2.45) is 5.41 Å². The van der Waals surface area contributed by atoms with Crippen LogP contribution in [0.2, 0.25) is 0 Å². The van der Waals surface area contributed by atoms with Crippen molar-refractivity contribution in [3.63, 3.8) is 0 Å². The molecule has 1 fully saturated rings. The minimum absolute atomic E-state index is 0.339. The van der Waals surface area contributed by atoms with E-state index >= 15 is 0 Å². The van der Waals surface area contributed by atoms with Gasteiger partial charge in [-0.25, -0.2) is 0 Å². The van der Waals surface area contributed by atoms with E-state index < -0.39 is 0 Å². The molecule has 0 aromatic carbocycles. The second kappa shape index (κ2) is 8.13. The SMILES string of the molecule is CCCCCN(CC1(CNC)CCOC1)C(C)C. The molecule has 1 unspecified atom stereocenters. The Hall–Kier alpha value is -0.120. The molecular weight excluding hydrogens is 224 g/mol. The minimum atomic E-state index is 0.339. The highest BCUT2D eigenvalue weighted by atomic mass is 16.5. The molecule has 108 valence electrons. The third kappa shape index (κ3) is 4.87. The number of hydrogen-bond donors (Lipinski definition) is 1. The summed E-state index contributed by atoms with van der Waals surface area (Å²) in [6.45, 7) is 12.2. The van der Waals surface area contributed by atoms with Crippen LogP contribution in [-0.2, 0) is 4.74 Å². The van der Waals surface area contributed by atoms with Crippen LogP contribution in [0.25, 0.3) is 0 Å². The maximum atomic E-state index is 5.65. The molecule has 3 heteroatoms. The molecule has 0 aromatic rings. The number of unbranched alkanes of at least 4 members (excludes halogenated alkanes) is 2. The Morgan fingerprint density at radius 1 is 1.33 bits per heavy atom. The first-order valence-electron chi connectivity index (χ1n) is 7.60. The molecule has 1 saturated heterocycles. The molecule has 0 radical (unpaired) electrons. The first-order valence-corrected chi connectivity index (χ1v) is 7.60. The van der Waals surface area contributed by atoms with Gasteiger partial charge in [-0.05, 0) is 40.3 Å². The van der Waals surface area contributed by atoms with Gasteiger partial charge in [-0.2, -0.15) is 0 Å². The van der Waals surface area contributed by atoms with Crippen molar-refractivity contribution in [2.75, 3.05) is 39.9 Å². The molecule has 0 aliphatic carbocycles. The highest BCUT2D eigenvalue weighted by Crippen LogP contribution is 2.29. The number of rotatable bonds is 9. The maximum Gasteiger partial charge on any atom is 0.0547 e. The van der Waals surface area contributed by atoms with Gasteiger partial charge >= 0.3 is 0 Å². The van der Waals surface area contributed by atoms with Crippen molar-refractivity contribution < 1.29 is 4.74 Å². The van der Waals surface area contributed by atoms with E-state index in [1.54, 1.807) is 0 Å². The minimum Gasteiger partial charge on any atom is -0.381 e. The second-order valence-corrected chi connectivity index (χ2v) is 6.10. The Kier molecular flexibility index (Phi) is 7.20. The van der Waals surface area contributed by atoms with Gasteiger partial charge in [0.15, 0.2) is 0 Å². The Morgan fingerprint density at radius 3 is 2.61 bits per heavy atom. The molecule has 3 nitrogen and oxygen atoms in total. The smallest absolute Gasteiger partial charge is 0.0547 e. The van der Waals surface area contributed by atoms with Gasteiger partial charge in [-0.15, -0.1) is 0 Å². The predicted molar refractivity (Wildman–Crippen MR) is 78.0 cm³/mol. The summed E-state index contributed by atoms with van der Waals surface area (Å²) in [7, 11) is 2.05. The van der Waals surface area contributed by atoms with E-state index in [2.05, 4.69) is 38.0 Å². The van der Waals surface area contributed by atoms with E-state index in [9.17, 15) is 0 Å². The largest absolute Gasteiger partial charge is 0.381 e. The van der Waals surface area contributed by atoms with Crippen molar-refractivity contribution in [1.82, 2.24) is 10.2 Å². The van der Waals surface area contributed by atoms with E-state index in [-0.39, 0.29) is 0 Å². The number of ether oxygens (including phenoxy) is 1. The summed E-state index contributed by atoms with van der Waals surface area (Å²) >= 11 is 0. The summed E-state index contributed by atoms with van der Waals surface area (Å²) in [6.07, 6.45) is 5.17. The Bertz CT molecular complexity index is 213. The van der Waals surface area contributed by atoms with Gasteiger partial charge < -0.3 is 15.0 Å². The molecule has 0 bridgehead atoms. The molecule has 1 heterocycles. The first-order chi connectivity index (χ1) is 8.63. The lowest BCUT2D eigenvalue weighted by molar-refractivity contribution is 0.0930. The monoisotopic (exact) mass is 256 g/mol. The lowest BCUT2D eigenvalue weighted by Gasteiger charge is -2.36. The zero-order valence-electron chi connectivity index (χ0n) is 12.8. The standard InChI is InChI=1S/C15H32N2O/c1-5-6-7-9-17(14(2)3)12-15(11-16-4)8-10-18-13-15/h14,16H,5-13H2,1-4H3. The summed E-state index contributed by atoms with van der Waals surface area (Å²) in [4.78, 5) is 2.64. The molecule has 0 aromatic heterocycles. The molecule has 0 saturated carbocycles. The maximum absolute atomic E-state index is 5.65. The summed E-state index contributed by atoms with van der Waals surface area (Å²) in [6, 6.07) is 0.635. The van der Waals surface area contributed by atoms with Crippen LogP contribution in [0.5, 0.6) is 0 Å². The molecule has 1 atom stereocenters. The highest BCUT2D eigenvalue weighted by molar-refractivity contribution is 4.88. The fourth-order valence-corrected chi connectivity index (χ4v) is 2.86. The van der Waals surface area contributed by atoms with Crippen LogP contribution >= 0.6 is 0 Å². The molecule has 0 amide bonds. The molecule has 1 aliphatic rings. The van der Waals surface area contributed by atoms with Gasteiger partial charge in [-0.1, -0.05) is 19.8 Å². The molecule has 18 heavy (non-hydrogen) atoms. The van der Waals surface area contributed by atoms with Crippen molar-refractivity contribution in [2.45, 2.75) is 52.5 Å². The van der Waals surface area contributed by atoms with Crippen LogP contribution < -0.4 is 5.32 Å². The lowest BCUT2D eigenvalue weighted by Crippen LogP contribution is -2.46. The van der Waals surface area contributed by atoms with Crippen LogP contribution in [-0.4, -0.2) is 50.8 Å². The summed E-state index contributed by atoms with van der Waals surface area (Å²) < 4.78 is 5.65. The van der Waals surface area contributed by atoms with Gasteiger partial charge in [0.1, 0.15) is 0 Å². The van der Waals surface area contributed by atoms with E-state index in [4.69, 9.17) is 4.74 Å². The van der Waals surface area contributed by atoms with Gasteiger partial charge in [0.25, 0.3) is 0 Å². The predicted octanol–water partition coefficient (Wildman–Crippen LogP) is 2.51. The van der Waals surface area contributed by atoms with Gasteiger partial charge in [0.05, 0.1) is 6.61 Å². The number of nitrogens with zero attached hydrogens (tertiary/aromatic N) is 1. The Morgan fingerprint density at radius 2 is 2.11 bits per heavy atom. The molecular formula is C15H32N2O. The number of nitrogens with one attached hydrogen (secondary N) is 1. The average molecular weight is 256 g/mol. The van der Waals surface area contributed by atoms with E-state index in [1.165, 1.54) is 38.8 Å². The number of hydrogen-bond acceptors (Lipinski definition) is 3. The van der Waals surface area contributed by atoms with E-state index in [0.717, 1.165) is 19.8 Å². The molecule has 1 aliphatic heterocycles. The summed E-state index contributed by atoms with van der Waals surface area (Å²) in [5.41, 5.74) is 0.339. The van der Waals surface area contributed by atoms with E-state index in [1.807, 2.05) is 0 Å².